The van der Waals surface area contributed by atoms with Crippen LogP contribution in [0, 0.1) is 0 Å². The Bertz CT molecular complexity index is 437. The summed E-state index contributed by atoms with van der Waals surface area (Å²) >= 11 is 0. The Kier molecular flexibility index (Phi) is 11.7. The Balaban J connectivity index is 0.00000576. The number of rotatable bonds is 10. The lowest BCUT2D eigenvalue weighted by Gasteiger charge is -2.26. The normalized spacial score (nSPS) is 15.0. The van der Waals surface area contributed by atoms with Crippen molar-refractivity contribution in [1.82, 2.24) is 20.9 Å². The quantitative estimate of drug-likeness (QED) is 0.166. The number of aliphatic hydroxyl groups is 1. The van der Waals surface area contributed by atoms with Crippen molar-refractivity contribution in [2.24, 2.45) is 4.99 Å². The van der Waals surface area contributed by atoms with Crippen LogP contribution in [0.5, 0.6) is 0 Å². The van der Waals surface area contributed by atoms with Crippen LogP contribution < -0.4 is 16.0 Å². The van der Waals surface area contributed by atoms with Crippen LogP contribution in [-0.2, 0) is 4.79 Å². The zero-order chi connectivity index (χ0) is 18.0. The molecule has 0 aromatic rings. The molecule has 0 aromatic heterocycles. The van der Waals surface area contributed by atoms with Crippen LogP contribution >= 0.6 is 24.0 Å². The fourth-order valence-electron chi connectivity index (χ4n) is 2.75. The predicted octanol–water partition coefficient (Wildman–Crippen LogP) is 1.04. The number of urea groups is 1. The molecule has 1 heterocycles. The van der Waals surface area contributed by atoms with Crippen LogP contribution in [0.15, 0.2) is 4.99 Å². The van der Waals surface area contributed by atoms with Gasteiger partial charge in [0, 0.05) is 19.6 Å². The Morgan fingerprint density at radius 3 is 2.36 bits per heavy atom. The van der Waals surface area contributed by atoms with Crippen molar-refractivity contribution < 1.29 is 14.7 Å². The van der Waals surface area contributed by atoms with Gasteiger partial charge in [-0.2, -0.15) is 0 Å². The third-order valence-corrected chi connectivity index (χ3v) is 3.87. The molecule has 0 unspecified atom stereocenters. The summed E-state index contributed by atoms with van der Waals surface area (Å²) in [5, 5.41) is 19.3. The van der Waals surface area contributed by atoms with Gasteiger partial charge in [-0.15, -0.1) is 24.0 Å². The Labute approximate surface area is 167 Å². The maximum Gasteiger partial charge on any atom is 0.324 e. The molecule has 0 bridgehead atoms. The third kappa shape index (κ3) is 8.21. The maximum atomic E-state index is 11.5. The van der Waals surface area contributed by atoms with Gasteiger partial charge in [0.25, 0.3) is 0 Å². The lowest BCUT2D eigenvalue weighted by molar-refractivity contribution is -0.124. The first-order valence-electron chi connectivity index (χ1n) is 8.78. The number of hydrogen-bond donors (Lipinski definition) is 4. The molecule has 0 atom stereocenters. The highest BCUT2D eigenvalue weighted by Gasteiger charge is 2.28. The van der Waals surface area contributed by atoms with E-state index in [2.05, 4.69) is 20.9 Å². The first kappa shape index (κ1) is 23.9. The lowest BCUT2D eigenvalue weighted by Crippen LogP contribution is -2.44. The van der Waals surface area contributed by atoms with Crippen molar-refractivity contribution in [1.29, 1.82) is 0 Å². The summed E-state index contributed by atoms with van der Waals surface area (Å²) in [7, 11) is 0. The molecule has 0 aromatic carbocycles. The van der Waals surface area contributed by atoms with Gasteiger partial charge >= 0.3 is 6.03 Å². The van der Waals surface area contributed by atoms with Crippen molar-refractivity contribution in [3.8, 4) is 0 Å². The number of halogens is 1. The zero-order valence-electron chi connectivity index (χ0n) is 15.4. The molecule has 1 aliphatic rings. The summed E-state index contributed by atoms with van der Waals surface area (Å²) in [6.07, 6.45) is 3.24. The van der Waals surface area contributed by atoms with Gasteiger partial charge in [0.1, 0.15) is 0 Å². The molecule has 0 radical (unpaired) electrons. The molecule has 1 aliphatic heterocycles. The average Bonchev–Trinajstić information content (AvgIpc) is 2.85. The molecule has 1 rings (SSSR count). The van der Waals surface area contributed by atoms with Gasteiger partial charge in [-0.05, 0) is 19.8 Å². The van der Waals surface area contributed by atoms with Crippen LogP contribution in [0.2, 0.25) is 0 Å². The van der Waals surface area contributed by atoms with Gasteiger partial charge in [0.15, 0.2) is 5.96 Å². The van der Waals surface area contributed by atoms with Gasteiger partial charge in [0.05, 0.1) is 18.7 Å². The molecule has 0 spiro atoms. The number of hydrogen-bond acceptors (Lipinski definition) is 4. The summed E-state index contributed by atoms with van der Waals surface area (Å²) in [5.74, 6) is 0.360. The number of nitrogens with one attached hydrogen (secondary N) is 3. The van der Waals surface area contributed by atoms with Crippen LogP contribution in [0.25, 0.3) is 0 Å². The smallest absolute Gasteiger partial charge is 0.324 e. The molecule has 146 valence electrons. The van der Waals surface area contributed by atoms with Gasteiger partial charge in [-0.25, -0.2) is 4.79 Å². The molecule has 25 heavy (non-hydrogen) atoms. The summed E-state index contributed by atoms with van der Waals surface area (Å²) in [5.41, 5.74) is -0.781. The molecule has 3 amide bonds. The topological polar surface area (TPSA) is 106 Å². The van der Waals surface area contributed by atoms with E-state index in [0.717, 1.165) is 12.8 Å². The Morgan fingerprint density at radius 1 is 1.24 bits per heavy atom. The minimum absolute atomic E-state index is 0. The first-order valence-corrected chi connectivity index (χ1v) is 8.78. The maximum absolute atomic E-state index is 11.5. The molecule has 4 N–H and O–H groups in total. The van der Waals surface area contributed by atoms with Crippen LogP contribution in [0.4, 0.5) is 4.79 Å². The Morgan fingerprint density at radius 2 is 1.88 bits per heavy atom. The predicted molar refractivity (Wildman–Crippen MR) is 109 cm³/mol. The number of amides is 3. The average molecular weight is 469 g/mol. The van der Waals surface area contributed by atoms with E-state index in [9.17, 15) is 14.7 Å². The molecule has 0 aliphatic carbocycles. The number of imide groups is 1. The highest BCUT2D eigenvalue weighted by atomic mass is 127. The van der Waals surface area contributed by atoms with Crippen molar-refractivity contribution in [2.75, 3.05) is 32.7 Å². The second-order valence-corrected chi connectivity index (χ2v) is 6.05. The number of carbonyl (C=O) groups excluding carboxylic acids is 2. The summed E-state index contributed by atoms with van der Waals surface area (Å²) in [4.78, 5) is 28.6. The van der Waals surface area contributed by atoms with E-state index in [4.69, 9.17) is 0 Å². The van der Waals surface area contributed by atoms with Gasteiger partial charge in [0.2, 0.25) is 5.91 Å². The van der Waals surface area contributed by atoms with Crippen LogP contribution in [-0.4, -0.2) is 66.2 Å². The molecule has 8 nitrogen and oxygen atoms in total. The second kappa shape index (κ2) is 12.3. The lowest BCUT2D eigenvalue weighted by atomic mass is 9.93. The van der Waals surface area contributed by atoms with Crippen LogP contribution in [0.3, 0.4) is 0 Å². The fraction of sp³-hybridized carbons (Fsp3) is 0.812. The minimum atomic E-state index is -0.781. The number of guanidine groups is 1. The molecule has 1 fully saturated rings. The van der Waals surface area contributed by atoms with E-state index in [-0.39, 0.29) is 49.0 Å². The third-order valence-electron chi connectivity index (χ3n) is 3.87. The summed E-state index contributed by atoms with van der Waals surface area (Å²) < 4.78 is 0. The molecule has 9 heteroatoms. The Hall–Kier alpha value is -1.10. The highest BCUT2D eigenvalue weighted by molar-refractivity contribution is 14.0. The van der Waals surface area contributed by atoms with Crippen molar-refractivity contribution in [3.05, 3.63) is 0 Å². The first-order chi connectivity index (χ1) is 11.5. The van der Waals surface area contributed by atoms with Crippen molar-refractivity contribution in [2.45, 2.75) is 52.1 Å². The van der Waals surface area contributed by atoms with Crippen molar-refractivity contribution >= 4 is 41.9 Å². The number of nitrogens with zero attached hydrogens (tertiary/aromatic N) is 2. The SMILES string of the molecule is CCCC(O)(CCC)CN=C(NCC)NCCN1C(=O)CNC1=O.I. The molecule has 0 saturated carbocycles. The fourth-order valence-corrected chi connectivity index (χ4v) is 2.75. The monoisotopic (exact) mass is 469 g/mol. The summed E-state index contributed by atoms with van der Waals surface area (Å²) in [6.45, 7) is 7.82. The van der Waals surface area contributed by atoms with Crippen molar-refractivity contribution in [3.63, 3.8) is 0 Å². The zero-order valence-corrected chi connectivity index (χ0v) is 17.8. The molecule has 1 saturated heterocycles. The van der Waals surface area contributed by atoms with E-state index >= 15 is 0 Å². The van der Waals surface area contributed by atoms with E-state index in [1.54, 1.807) is 0 Å². The van der Waals surface area contributed by atoms with Crippen LogP contribution in [0.1, 0.15) is 46.5 Å². The highest BCUT2D eigenvalue weighted by Crippen LogP contribution is 2.19. The van der Waals surface area contributed by atoms with Gasteiger partial charge in [-0.3, -0.25) is 14.7 Å². The van der Waals surface area contributed by atoms with E-state index in [0.29, 0.717) is 38.4 Å². The van der Waals surface area contributed by atoms with Gasteiger partial charge in [-0.1, -0.05) is 26.7 Å². The molecular formula is C16H32IN5O3. The van der Waals surface area contributed by atoms with E-state index in [1.165, 1.54) is 4.90 Å². The largest absolute Gasteiger partial charge is 0.388 e. The van der Waals surface area contributed by atoms with Gasteiger partial charge < -0.3 is 21.1 Å². The standard InChI is InChI=1S/C16H31N5O3.HI/c1-4-7-16(24,8-5-2)12-20-14(17-6-3)18-9-10-21-13(22)11-19-15(21)23;/h24H,4-12H2,1-3H3,(H,19,23)(H2,17,18,20);1H. The van der Waals surface area contributed by atoms with E-state index in [1.807, 2.05) is 20.8 Å². The van der Waals surface area contributed by atoms with E-state index < -0.39 is 5.60 Å². The number of aliphatic imine (C=N–C) groups is 1. The second-order valence-electron chi connectivity index (χ2n) is 6.05. The summed E-state index contributed by atoms with van der Waals surface area (Å²) in [6, 6.07) is -0.357. The molecular weight excluding hydrogens is 437 g/mol. The minimum Gasteiger partial charge on any atom is -0.388 e. The number of carbonyl (C=O) groups is 2.